The van der Waals surface area contributed by atoms with E-state index in [4.69, 9.17) is 4.74 Å². The van der Waals surface area contributed by atoms with Gasteiger partial charge in [-0.3, -0.25) is 0 Å². The summed E-state index contributed by atoms with van der Waals surface area (Å²) >= 11 is 0. The summed E-state index contributed by atoms with van der Waals surface area (Å²) in [6, 6.07) is 9.44. The molecule has 1 N–H and O–H groups in total. The molecule has 0 fully saturated rings. The first-order chi connectivity index (χ1) is 9.79. The quantitative estimate of drug-likeness (QED) is 0.518. The molecule has 0 heterocycles. The van der Waals surface area contributed by atoms with Gasteiger partial charge in [0, 0.05) is 0 Å². The van der Waals surface area contributed by atoms with Crippen LogP contribution in [-0.4, -0.2) is 19.1 Å². The fourth-order valence-electron chi connectivity index (χ4n) is 2.18. The van der Waals surface area contributed by atoms with Gasteiger partial charge in [0.15, 0.2) is 0 Å². The number of carbonyl (C=O) groups is 1. The summed E-state index contributed by atoms with van der Waals surface area (Å²) in [6.07, 6.45) is 6.13. The molecule has 1 atom stereocenters. The average Bonchev–Trinajstić information content (AvgIpc) is 2.47. The lowest BCUT2D eigenvalue weighted by Crippen LogP contribution is -2.31. The van der Waals surface area contributed by atoms with Crippen molar-refractivity contribution in [3.05, 3.63) is 35.9 Å². The monoisotopic (exact) mass is 313 g/mol. The van der Waals surface area contributed by atoms with Crippen LogP contribution in [0.1, 0.15) is 57.6 Å². The largest absolute Gasteiger partial charge is 0.465 e. The molecule has 0 spiro atoms. The van der Waals surface area contributed by atoms with E-state index in [0.717, 1.165) is 18.5 Å². The Morgan fingerprint density at radius 2 is 1.76 bits per heavy atom. The van der Waals surface area contributed by atoms with Gasteiger partial charge in [-0.05, 0) is 25.5 Å². The number of unbranched alkanes of at least 4 members (excludes halogenated alkanes) is 4. The molecule has 0 aromatic heterocycles. The number of carbonyl (C=O) groups excluding carboxylic acids is 1. The molecular weight excluding hydrogens is 286 g/mol. The molecule has 21 heavy (non-hydrogen) atoms. The minimum Gasteiger partial charge on any atom is -0.465 e. The number of ether oxygens (including phenoxy) is 1. The molecule has 4 heteroatoms. The van der Waals surface area contributed by atoms with Crippen LogP contribution in [0.2, 0.25) is 0 Å². The van der Waals surface area contributed by atoms with Gasteiger partial charge in [0.25, 0.3) is 0 Å². The van der Waals surface area contributed by atoms with Crippen molar-refractivity contribution in [1.82, 2.24) is 5.32 Å². The predicted molar refractivity (Wildman–Crippen MR) is 89.8 cm³/mol. The van der Waals surface area contributed by atoms with Crippen molar-refractivity contribution in [2.75, 3.05) is 13.2 Å². The summed E-state index contributed by atoms with van der Waals surface area (Å²) in [7, 11) is 0. The van der Waals surface area contributed by atoms with Crippen LogP contribution in [0.15, 0.2) is 30.3 Å². The number of hydrogen-bond acceptors (Lipinski definition) is 3. The Hall–Kier alpha value is -1.06. The zero-order chi connectivity index (χ0) is 14.6. The average molecular weight is 314 g/mol. The second-order valence-corrected chi connectivity index (χ2v) is 4.96. The van der Waals surface area contributed by atoms with E-state index in [2.05, 4.69) is 12.2 Å². The topological polar surface area (TPSA) is 38.3 Å². The van der Waals surface area contributed by atoms with Crippen molar-refractivity contribution in [2.24, 2.45) is 0 Å². The minimum atomic E-state index is -0.345. The van der Waals surface area contributed by atoms with Gasteiger partial charge in [-0.15, -0.1) is 12.4 Å². The molecule has 0 aliphatic heterocycles. The van der Waals surface area contributed by atoms with Crippen molar-refractivity contribution in [3.63, 3.8) is 0 Å². The second kappa shape index (κ2) is 12.7. The Balaban J connectivity index is 0.00000400. The Labute approximate surface area is 134 Å². The molecule has 0 radical (unpaired) electrons. The highest BCUT2D eigenvalue weighted by Gasteiger charge is 2.20. The molecule has 1 aromatic rings. The first kappa shape index (κ1) is 19.9. The predicted octanol–water partition coefficient (Wildman–Crippen LogP) is 4.27. The molecule has 0 bridgehead atoms. The lowest BCUT2D eigenvalue weighted by molar-refractivity contribution is -0.145. The van der Waals surface area contributed by atoms with Crippen molar-refractivity contribution in [3.8, 4) is 0 Å². The van der Waals surface area contributed by atoms with Crippen molar-refractivity contribution in [2.45, 2.75) is 52.0 Å². The van der Waals surface area contributed by atoms with Crippen molar-refractivity contribution < 1.29 is 9.53 Å². The van der Waals surface area contributed by atoms with Gasteiger partial charge in [-0.25, -0.2) is 4.79 Å². The molecule has 0 saturated heterocycles. The Morgan fingerprint density at radius 1 is 1.10 bits per heavy atom. The van der Waals surface area contributed by atoms with Gasteiger partial charge < -0.3 is 10.1 Å². The SMILES string of the molecule is CCCCCCCNC(C(=O)OCC)c1ccccc1.Cl. The first-order valence-corrected chi connectivity index (χ1v) is 7.74. The van der Waals surface area contributed by atoms with Crippen LogP contribution >= 0.6 is 12.4 Å². The number of hydrogen-bond donors (Lipinski definition) is 1. The highest BCUT2D eigenvalue weighted by atomic mass is 35.5. The lowest BCUT2D eigenvalue weighted by Gasteiger charge is -2.17. The maximum absolute atomic E-state index is 12.0. The molecule has 120 valence electrons. The molecule has 1 rings (SSSR count). The molecule has 1 unspecified atom stereocenters. The Bertz CT molecular complexity index is 370. The molecular formula is C17H28ClNO2. The van der Waals surface area contributed by atoms with Gasteiger partial charge in [0.05, 0.1) is 6.61 Å². The normalized spacial score (nSPS) is 11.5. The first-order valence-electron chi connectivity index (χ1n) is 7.74. The highest BCUT2D eigenvalue weighted by Crippen LogP contribution is 2.14. The third-order valence-corrected chi connectivity index (χ3v) is 3.28. The Morgan fingerprint density at radius 3 is 2.38 bits per heavy atom. The van der Waals surface area contributed by atoms with Crippen LogP contribution in [0.4, 0.5) is 0 Å². The van der Waals surface area contributed by atoms with E-state index in [1.165, 1.54) is 25.7 Å². The minimum absolute atomic E-state index is 0. The van der Waals surface area contributed by atoms with E-state index in [9.17, 15) is 4.79 Å². The van der Waals surface area contributed by atoms with E-state index in [0.29, 0.717) is 6.61 Å². The number of halogens is 1. The summed E-state index contributed by atoms with van der Waals surface area (Å²) < 4.78 is 5.15. The third kappa shape index (κ3) is 8.08. The maximum atomic E-state index is 12.0. The number of rotatable bonds is 10. The summed E-state index contributed by atoms with van der Waals surface area (Å²) in [5, 5.41) is 3.32. The van der Waals surface area contributed by atoms with Crippen LogP contribution in [0.3, 0.4) is 0 Å². The van der Waals surface area contributed by atoms with E-state index < -0.39 is 0 Å². The van der Waals surface area contributed by atoms with Gasteiger partial charge >= 0.3 is 5.97 Å². The molecule has 0 aliphatic carbocycles. The second-order valence-electron chi connectivity index (χ2n) is 4.96. The number of esters is 1. The Kier molecular flexibility index (Phi) is 12.0. The fraction of sp³-hybridized carbons (Fsp3) is 0.588. The van der Waals surface area contributed by atoms with E-state index >= 15 is 0 Å². The van der Waals surface area contributed by atoms with Gasteiger partial charge in [-0.1, -0.05) is 62.9 Å². The summed E-state index contributed by atoms with van der Waals surface area (Å²) in [5.74, 6) is -0.188. The summed E-state index contributed by atoms with van der Waals surface area (Å²) in [5.41, 5.74) is 0.972. The molecule has 0 amide bonds. The zero-order valence-electron chi connectivity index (χ0n) is 13.1. The molecule has 3 nitrogen and oxygen atoms in total. The highest BCUT2D eigenvalue weighted by molar-refractivity contribution is 5.85. The smallest absolute Gasteiger partial charge is 0.327 e. The van der Waals surface area contributed by atoms with Crippen LogP contribution in [-0.2, 0) is 9.53 Å². The van der Waals surface area contributed by atoms with Crippen LogP contribution in [0.25, 0.3) is 0 Å². The summed E-state index contributed by atoms with van der Waals surface area (Å²) in [6.45, 7) is 5.32. The van der Waals surface area contributed by atoms with Gasteiger partial charge in [0.1, 0.15) is 6.04 Å². The fourth-order valence-corrected chi connectivity index (χ4v) is 2.18. The van der Waals surface area contributed by atoms with E-state index in [-0.39, 0.29) is 24.4 Å². The summed E-state index contributed by atoms with van der Waals surface area (Å²) in [4.78, 5) is 12.0. The third-order valence-electron chi connectivity index (χ3n) is 3.28. The van der Waals surface area contributed by atoms with Crippen LogP contribution in [0, 0.1) is 0 Å². The molecule has 0 saturated carbocycles. The lowest BCUT2D eigenvalue weighted by atomic mass is 10.1. The van der Waals surface area contributed by atoms with Gasteiger partial charge in [0.2, 0.25) is 0 Å². The molecule has 0 aliphatic rings. The van der Waals surface area contributed by atoms with Crippen LogP contribution < -0.4 is 5.32 Å². The van der Waals surface area contributed by atoms with E-state index in [1.807, 2.05) is 37.3 Å². The molecule has 1 aromatic carbocycles. The van der Waals surface area contributed by atoms with E-state index in [1.54, 1.807) is 0 Å². The van der Waals surface area contributed by atoms with Crippen molar-refractivity contribution in [1.29, 1.82) is 0 Å². The zero-order valence-corrected chi connectivity index (χ0v) is 14.0. The number of nitrogens with one attached hydrogen (secondary N) is 1. The van der Waals surface area contributed by atoms with Crippen molar-refractivity contribution >= 4 is 18.4 Å². The maximum Gasteiger partial charge on any atom is 0.327 e. The van der Waals surface area contributed by atoms with Gasteiger partial charge in [-0.2, -0.15) is 0 Å². The standard InChI is InChI=1S/C17H27NO2.ClH/c1-3-5-6-7-11-14-18-16(17(19)20-4-2)15-12-9-8-10-13-15;/h8-10,12-13,16,18H,3-7,11,14H2,1-2H3;1H. The number of benzene rings is 1. The van der Waals surface area contributed by atoms with Crippen LogP contribution in [0.5, 0.6) is 0 Å².